The molecule has 22 heavy (non-hydrogen) atoms. The van der Waals surface area contributed by atoms with Gasteiger partial charge in [0.25, 0.3) is 0 Å². The van der Waals surface area contributed by atoms with Crippen molar-refractivity contribution < 1.29 is 1.43 Å². The second-order valence-electron chi connectivity index (χ2n) is 5.29. The molecule has 1 aliphatic carbocycles. The summed E-state index contributed by atoms with van der Waals surface area (Å²) >= 11 is 0. The average Bonchev–Trinajstić information content (AvgIpc) is 2.88. The SMILES string of the molecule is C.C.CN(C)C1=CC=C(C=Cc2cc3ncccc3[nH]2)CC1.[HH]. The summed E-state index contributed by atoms with van der Waals surface area (Å²) in [5.41, 5.74) is 5.94. The van der Waals surface area contributed by atoms with E-state index in [1.54, 1.807) is 0 Å². The van der Waals surface area contributed by atoms with E-state index in [9.17, 15) is 0 Å². The van der Waals surface area contributed by atoms with E-state index in [-0.39, 0.29) is 16.3 Å². The number of hydrogen-bond donors (Lipinski definition) is 1. The highest BCUT2D eigenvalue weighted by Crippen LogP contribution is 2.21. The molecule has 0 aliphatic heterocycles. The van der Waals surface area contributed by atoms with Crippen molar-refractivity contribution in [1.82, 2.24) is 14.9 Å². The zero-order valence-corrected chi connectivity index (χ0v) is 11.9. The third kappa shape index (κ3) is 3.88. The molecular formula is C19H29N3. The molecule has 0 fully saturated rings. The zero-order chi connectivity index (χ0) is 13.9. The Morgan fingerprint density at radius 3 is 2.64 bits per heavy atom. The van der Waals surface area contributed by atoms with Gasteiger partial charge in [-0.15, -0.1) is 0 Å². The first-order chi connectivity index (χ1) is 9.72. The topological polar surface area (TPSA) is 31.9 Å². The summed E-state index contributed by atoms with van der Waals surface area (Å²) in [4.78, 5) is 9.87. The Labute approximate surface area is 135 Å². The van der Waals surface area contributed by atoms with Crippen LogP contribution in [-0.4, -0.2) is 29.0 Å². The minimum Gasteiger partial charge on any atom is -0.381 e. The van der Waals surface area contributed by atoms with Crippen LogP contribution in [0.25, 0.3) is 17.1 Å². The lowest BCUT2D eigenvalue weighted by Gasteiger charge is -2.19. The van der Waals surface area contributed by atoms with E-state index in [4.69, 9.17) is 0 Å². The van der Waals surface area contributed by atoms with Gasteiger partial charge in [0.15, 0.2) is 0 Å². The number of aromatic amines is 1. The number of allylic oxidation sites excluding steroid dienone is 5. The minimum atomic E-state index is 0. The molecule has 1 N–H and O–H groups in total. The second-order valence-corrected chi connectivity index (χ2v) is 5.29. The number of rotatable bonds is 3. The van der Waals surface area contributed by atoms with Crippen LogP contribution >= 0.6 is 0 Å². The lowest BCUT2D eigenvalue weighted by Crippen LogP contribution is -2.12. The van der Waals surface area contributed by atoms with Gasteiger partial charge in [-0.2, -0.15) is 0 Å². The van der Waals surface area contributed by atoms with Gasteiger partial charge in [0.05, 0.1) is 11.0 Å². The van der Waals surface area contributed by atoms with Crippen LogP contribution in [0, 0.1) is 0 Å². The third-order valence-corrected chi connectivity index (χ3v) is 3.62. The van der Waals surface area contributed by atoms with E-state index in [2.05, 4.69) is 59.3 Å². The van der Waals surface area contributed by atoms with Gasteiger partial charge in [-0.25, -0.2) is 0 Å². The number of H-pyrrole nitrogens is 1. The number of aromatic nitrogens is 2. The van der Waals surface area contributed by atoms with Crippen molar-refractivity contribution in [1.29, 1.82) is 0 Å². The van der Waals surface area contributed by atoms with Crippen LogP contribution in [-0.2, 0) is 0 Å². The zero-order valence-electron chi connectivity index (χ0n) is 11.9. The summed E-state index contributed by atoms with van der Waals surface area (Å²) in [6, 6.07) is 6.07. The van der Waals surface area contributed by atoms with Crippen LogP contribution in [0.1, 0.15) is 34.8 Å². The summed E-state index contributed by atoms with van der Waals surface area (Å²) < 4.78 is 0. The van der Waals surface area contributed by atoms with Crippen LogP contribution in [0.3, 0.4) is 0 Å². The largest absolute Gasteiger partial charge is 0.381 e. The van der Waals surface area contributed by atoms with E-state index in [0.29, 0.717) is 0 Å². The summed E-state index contributed by atoms with van der Waals surface area (Å²) in [7, 11) is 4.19. The van der Waals surface area contributed by atoms with Crippen LogP contribution in [0.2, 0.25) is 0 Å². The predicted molar refractivity (Wildman–Crippen MR) is 99.8 cm³/mol. The Balaban J connectivity index is 0.00000161. The Morgan fingerprint density at radius 2 is 2.00 bits per heavy atom. The molecule has 120 valence electrons. The molecule has 3 nitrogen and oxygen atoms in total. The molecule has 2 heterocycles. The molecule has 1 aliphatic rings. The number of fused-ring (bicyclic) bond motifs is 1. The van der Waals surface area contributed by atoms with Gasteiger partial charge >= 0.3 is 0 Å². The Hall–Kier alpha value is -2.29. The summed E-state index contributed by atoms with van der Waals surface area (Å²) in [5.74, 6) is 0. The van der Waals surface area contributed by atoms with Gasteiger partial charge in [-0.05, 0) is 48.8 Å². The molecule has 0 amide bonds. The van der Waals surface area contributed by atoms with Gasteiger partial charge in [0, 0.05) is 33.1 Å². The Morgan fingerprint density at radius 1 is 1.18 bits per heavy atom. The summed E-state index contributed by atoms with van der Waals surface area (Å²) in [6.45, 7) is 0. The fourth-order valence-corrected chi connectivity index (χ4v) is 2.42. The monoisotopic (exact) mass is 299 g/mol. The summed E-state index contributed by atoms with van der Waals surface area (Å²) in [6.07, 6.45) is 12.7. The average molecular weight is 299 g/mol. The van der Waals surface area contributed by atoms with Crippen molar-refractivity contribution in [3.63, 3.8) is 0 Å². The third-order valence-electron chi connectivity index (χ3n) is 3.62. The Kier molecular flexibility index (Phi) is 6.17. The van der Waals surface area contributed by atoms with Crippen LogP contribution < -0.4 is 0 Å². The predicted octanol–water partition coefficient (Wildman–Crippen LogP) is 5.26. The number of pyridine rings is 1. The van der Waals surface area contributed by atoms with Crippen LogP contribution in [0.5, 0.6) is 0 Å². The van der Waals surface area contributed by atoms with E-state index in [0.717, 1.165) is 29.6 Å². The fraction of sp³-hybridized carbons (Fsp3) is 0.316. The minimum absolute atomic E-state index is 0. The van der Waals surface area contributed by atoms with Crippen molar-refractivity contribution in [2.24, 2.45) is 0 Å². The maximum absolute atomic E-state index is 4.33. The summed E-state index contributed by atoms with van der Waals surface area (Å²) in [5, 5.41) is 0. The molecule has 3 rings (SSSR count). The first-order valence-corrected chi connectivity index (χ1v) is 6.91. The molecule has 0 atom stereocenters. The number of hydrogen-bond acceptors (Lipinski definition) is 2. The van der Waals surface area contributed by atoms with E-state index >= 15 is 0 Å². The molecule has 0 spiro atoms. The maximum Gasteiger partial charge on any atom is 0.0885 e. The van der Waals surface area contributed by atoms with Gasteiger partial charge in [-0.1, -0.05) is 27.0 Å². The van der Waals surface area contributed by atoms with Gasteiger partial charge in [0.1, 0.15) is 0 Å². The molecular weight excluding hydrogens is 270 g/mol. The second kappa shape index (κ2) is 7.64. The van der Waals surface area contributed by atoms with Gasteiger partial charge in [0.2, 0.25) is 0 Å². The van der Waals surface area contributed by atoms with Crippen molar-refractivity contribution in [3.8, 4) is 0 Å². The first kappa shape index (κ1) is 17.8. The van der Waals surface area contributed by atoms with Crippen LogP contribution in [0.15, 0.2) is 53.9 Å². The highest BCUT2D eigenvalue weighted by molar-refractivity contribution is 5.78. The van der Waals surface area contributed by atoms with Crippen molar-refractivity contribution >= 4 is 17.1 Å². The lowest BCUT2D eigenvalue weighted by molar-refractivity contribution is 0.484. The number of nitrogens with one attached hydrogen (secondary N) is 1. The highest BCUT2D eigenvalue weighted by atomic mass is 15.1. The first-order valence-electron chi connectivity index (χ1n) is 6.91. The molecule has 0 saturated heterocycles. The molecule has 3 heteroatoms. The van der Waals surface area contributed by atoms with Gasteiger partial charge in [-0.3, -0.25) is 4.98 Å². The quantitative estimate of drug-likeness (QED) is 0.838. The fourth-order valence-electron chi connectivity index (χ4n) is 2.42. The molecule has 2 aromatic rings. The van der Waals surface area contributed by atoms with E-state index in [1.165, 1.54) is 11.3 Å². The maximum atomic E-state index is 4.33. The molecule has 2 aromatic heterocycles. The highest BCUT2D eigenvalue weighted by Gasteiger charge is 2.05. The smallest absolute Gasteiger partial charge is 0.0885 e. The van der Waals surface area contributed by atoms with Crippen molar-refractivity contribution in [2.75, 3.05) is 14.1 Å². The van der Waals surface area contributed by atoms with Crippen molar-refractivity contribution in [3.05, 3.63) is 59.6 Å². The van der Waals surface area contributed by atoms with Gasteiger partial charge < -0.3 is 9.88 Å². The lowest BCUT2D eigenvalue weighted by atomic mass is 10.0. The normalized spacial score (nSPS) is 14.1. The standard InChI is InChI=1S/C17H19N3.2CH4.H2/c1-20(2)15-9-6-13(7-10-15)5-8-14-12-17-16(19-14)4-3-11-18-17;;;/h3-6,8-9,11-12,19H,7,10H2,1-2H3;2*1H4;1H. The van der Waals surface area contributed by atoms with Crippen molar-refractivity contribution in [2.45, 2.75) is 27.7 Å². The number of nitrogens with zero attached hydrogens (tertiary/aromatic N) is 2. The Bertz CT molecular complexity index is 675. The van der Waals surface area contributed by atoms with Crippen LogP contribution in [0.4, 0.5) is 0 Å². The molecule has 0 unspecified atom stereocenters. The van der Waals surface area contributed by atoms with E-state index < -0.39 is 0 Å². The molecule has 0 saturated carbocycles. The molecule has 0 bridgehead atoms. The molecule has 0 aromatic carbocycles. The molecule has 0 radical (unpaired) electrons. The van der Waals surface area contributed by atoms with E-state index in [1.807, 2.05) is 18.3 Å².